The molecule has 2 heterocycles. The number of aryl methyl sites for hydroxylation is 1. The number of piperidine rings is 1. The Morgan fingerprint density at radius 3 is 2.46 bits per heavy atom. The average molecular weight is 405 g/mol. The number of aromatic nitrogens is 2. The summed E-state index contributed by atoms with van der Waals surface area (Å²) < 4.78 is 29.1. The number of nitrogens with one attached hydrogen (secondary N) is 1. The molecule has 0 atom stereocenters. The Hall–Kier alpha value is -2.19. The van der Waals surface area contributed by atoms with Crippen LogP contribution in [0, 0.1) is 13.8 Å². The predicted octanol–water partition coefficient (Wildman–Crippen LogP) is 2.03. The Labute approximate surface area is 166 Å². The van der Waals surface area contributed by atoms with Crippen molar-refractivity contribution in [1.82, 2.24) is 19.4 Å². The van der Waals surface area contributed by atoms with Crippen LogP contribution in [0.3, 0.4) is 0 Å². The minimum Gasteiger partial charge on any atom is -0.354 e. The third-order valence-corrected chi connectivity index (χ3v) is 7.25. The first-order valence-electron chi connectivity index (χ1n) is 9.74. The van der Waals surface area contributed by atoms with Gasteiger partial charge in [-0.2, -0.15) is 9.40 Å². The summed E-state index contributed by atoms with van der Waals surface area (Å²) in [6.07, 6.45) is 3.58. The minimum atomic E-state index is -3.57. The molecule has 0 bridgehead atoms. The molecule has 0 saturated carbocycles. The lowest BCUT2D eigenvalue weighted by Gasteiger charge is -2.25. The van der Waals surface area contributed by atoms with Gasteiger partial charge in [0.2, 0.25) is 15.9 Å². The lowest BCUT2D eigenvalue weighted by molar-refractivity contribution is -0.121. The molecule has 0 unspecified atom stereocenters. The van der Waals surface area contributed by atoms with Gasteiger partial charge in [0.1, 0.15) is 11.4 Å². The molecule has 7 nitrogen and oxygen atoms in total. The fourth-order valence-electron chi connectivity index (χ4n) is 3.62. The molecule has 1 aromatic heterocycles. The van der Waals surface area contributed by atoms with Crippen molar-refractivity contribution in [1.29, 1.82) is 0 Å². The molecule has 8 heteroatoms. The monoisotopic (exact) mass is 404 g/mol. The van der Waals surface area contributed by atoms with E-state index in [1.54, 1.807) is 13.8 Å². The van der Waals surface area contributed by atoms with Gasteiger partial charge in [-0.05, 0) is 38.7 Å². The normalized spacial score (nSPS) is 15.5. The summed E-state index contributed by atoms with van der Waals surface area (Å²) >= 11 is 0. The highest BCUT2D eigenvalue weighted by Crippen LogP contribution is 2.26. The van der Waals surface area contributed by atoms with Crippen molar-refractivity contribution in [3.63, 3.8) is 0 Å². The number of rotatable bonds is 7. The molecular weight excluding hydrogens is 376 g/mol. The number of sulfonamides is 1. The number of nitrogens with zero attached hydrogens (tertiary/aromatic N) is 3. The lowest BCUT2D eigenvalue weighted by atomic mass is 10.1. The molecular formula is C20H28N4O3S. The smallest absolute Gasteiger partial charge is 0.246 e. The molecule has 1 aliphatic heterocycles. The Bertz CT molecular complexity index is 916. The van der Waals surface area contributed by atoms with Crippen molar-refractivity contribution in [2.75, 3.05) is 19.6 Å². The summed E-state index contributed by atoms with van der Waals surface area (Å²) in [4.78, 5) is 12.5. The van der Waals surface area contributed by atoms with Gasteiger partial charge in [0.25, 0.3) is 0 Å². The van der Waals surface area contributed by atoms with E-state index >= 15 is 0 Å². The standard InChI is InChI=1S/C20H28N4O3S/c1-16-20(28(26,27)23-13-7-4-8-14-23)17(2)24(22-16)15-19(25)21-12-11-18-9-5-3-6-10-18/h3,5-6,9-10H,4,7-8,11-15H2,1-2H3,(H,21,25). The molecule has 0 radical (unpaired) electrons. The summed E-state index contributed by atoms with van der Waals surface area (Å²) in [7, 11) is -3.57. The Morgan fingerprint density at radius 1 is 1.11 bits per heavy atom. The molecule has 1 aromatic carbocycles. The fraction of sp³-hybridized carbons (Fsp3) is 0.500. The van der Waals surface area contributed by atoms with Crippen molar-refractivity contribution < 1.29 is 13.2 Å². The molecule has 1 N–H and O–H groups in total. The SMILES string of the molecule is Cc1nn(CC(=O)NCCc2ccccc2)c(C)c1S(=O)(=O)N1CCCCC1. The molecule has 1 saturated heterocycles. The topological polar surface area (TPSA) is 84.3 Å². The van der Waals surface area contributed by atoms with E-state index in [0.717, 1.165) is 31.2 Å². The van der Waals surface area contributed by atoms with Gasteiger partial charge in [0.05, 0.1) is 11.4 Å². The van der Waals surface area contributed by atoms with Crippen LogP contribution < -0.4 is 5.32 Å². The van der Waals surface area contributed by atoms with Crippen LogP contribution in [0.1, 0.15) is 36.2 Å². The van der Waals surface area contributed by atoms with Crippen molar-refractivity contribution >= 4 is 15.9 Å². The summed E-state index contributed by atoms with van der Waals surface area (Å²) in [5.41, 5.74) is 2.12. The van der Waals surface area contributed by atoms with E-state index in [1.807, 2.05) is 30.3 Å². The maximum absolute atomic E-state index is 13.0. The summed E-state index contributed by atoms with van der Waals surface area (Å²) in [5.74, 6) is -0.177. The highest BCUT2D eigenvalue weighted by molar-refractivity contribution is 7.89. The van der Waals surface area contributed by atoms with Gasteiger partial charge >= 0.3 is 0 Å². The van der Waals surface area contributed by atoms with Crippen LogP contribution in [-0.2, 0) is 27.8 Å². The van der Waals surface area contributed by atoms with E-state index in [4.69, 9.17) is 0 Å². The lowest BCUT2D eigenvalue weighted by Crippen LogP contribution is -2.36. The molecule has 0 aliphatic carbocycles. The van der Waals surface area contributed by atoms with Crippen LogP contribution in [0.2, 0.25) is 0 Å². The third kappa shape index (κ3) is 4.62. The second-order valence-corrected chi connectivity index (χ2v) is 9.08. The molecule has 1 aliphatic rings. The first kappa shape index (κ1) is 20.5. The molecule has 28 heavy (non-hydrogen) atoms. The molecule has 1 amide bonds. The van der Waals surface area contributed by atoms with Gasteiger partial charge in [-0.3, -0.25) is 9.48 Å². The Kier molecular flexibility index (Phi) is 6.51. The zero-order valence-corrected chi connectivity index (χ0v) is 17.3. The van der Waals surface area contributed by atoms with Crippen molar-refractivity contribution in [2.24, 2.45) is 0 Å². The first-order valence-corrected chi connectivity index (χ1v) is 11.2. The number of amides is 1. The third-order valence-electron chi connectivity index (χ3n) is 5.10. The quantitative estimate of drug-likeness (QED) is 0.765. The van der Waals surface area contributed by atoms with Gasteiger partial charge in [-0.15, -0.1) is 0 Å². The molecule has 1 fully saturated rings. The number of carbonyl (C=O) groups excluding carboxylic acids is 1. The van der Waals surface area contributed by atoms with Gasteiger partial charge in [-0.25, -0.2) is 8.42 Å². The summed E-state index contributed by atoms with van der Waals surface area (Å²) in [6.45, 7) is 5.04. The zero-order chi connectivity index (χ0) is 20.1. The maximum Gasteiger partial charge on any atom is 0.246 e. The average Bonchev–Trinajstić information content (AvgIpc) is 2.97. The zero-order valence-electron chi connectivity index (χ0n) is 16.5. The van der Waals surface area contributed by atoms with Crippen molar-refractivity contribution in [2.45, 2.75) is 51.0 Å². The van der Waals surface area contributed by atoms with Crippen molar-refractivity contribution in [3.8, 4) is 0 Å². The Balaban J connectivity index is 1.65. The second-order valence-electron chi connectivity index (χ2n) is 7.21. The predicted molar refractivity (Wildman–Crippen MR) is 107 cm³/mol. The number of hydrogen-bond acceptors (Lipinski definition) is 4. The van der Waals surface area contributed by atoms with Crippen LogP contribution in [0.5, 0.6) is 0 Å². The highest BCUT2D eigenvalue weighted by Gasteiger charge is 2.31. The van der Waals surface area contributed by atoms with E-state index < -0.39 is 10.0 Å². The van der Waals surface area contributed by atoms with E-state index in [2.05, 4.69) is 10.4 Å². The van der Waals surface area contributed by atoms with Crippen LogP contribution in [-0.4, -0.2) is 48.0 Å². The van der Waals surface area contributed by atoms with Crippen LogP contribution in [0.25, 0.3) is 0 Å². The van der Waals surface area contributed by atoms with E-state index in [0.29, 0.717) is 31.0 Å². The van der Waals surface area contributed by atoms with Gasteiger partial charge in [-0.1, -0.05) is 36.8 Å². The maximum atomic E-state index is 13.0. The largest absolute Gasteiger partial charge is 0.354 e. The van der Waals surface area contributed by atoms with Gasteiger partial charge in [0, 0.05) is 19.6 Å². The first-order chi connectivity index (χ1) is 13.4. The van der Waals surface area contributed by atoms with E-state index in [-0.39, 0.29) is 17.3 Å². The second kappa shape index (κ2) is 8.87. The van der Waals surface area contributed by atoms with E-state index in [1.165, 1.54) is 8.99 Å². The van der Waals surface area contributed by atoms with E-state index in [9.17, 15) is 13.2 Å². The molecule has 0 spiro atoms. The van der Waals surface area contributed by atoms with Gasteiger partial charge < -0.3 is 5.32 Å². The Morgan fingerprint density at radius 2 is 1.79 bits per heavy atom. The van der Waals surface area contributed by atoms with Crippen LogP contribution >= 0.6 is 0 Å². The fourth-order valence-corrected chi connectivity index (χ4v) is 5.51. The van der Waals surface area contributed by atoms with Crippen LogP contribution in [0.4, 0.5) is 0 Å². The number of hydrogen-bond donors (Lipinski definition) is 1. The molecule has 3 rings (SSSR count). The minimum absolute atomic E-state index is 0.0109. The number of carbonyl (C=O) groups is 1. The highest BCUT2D eigenvalue weighted by atomic mass is 32.2. The number of benzene rings is 1. The summed E-state index contributed by atoms with van der Waals surface area (Å²) in [6, 6.07) is 9.94. The van der Waals surface area contributed by atoms with Crippen molar-refractivity contribution in [3.05, 3.63) is 47.3 Å². The summed E-state index contributed by atoms with van der Waals surface area (Å²) in [5, 5.41) is 7.21. The molecule has 152 valence electrons. The van der Waals surface area contributed by atoms with Crippen LogP contribution in [0.15, 0.2) is 35.2 Å². The molecule has 2 aromatic rings. The van der Waals surface area contributed by atoms with Gasteiger partial charge in [0.15, 0.2) is 0 Å².